The third-order valence-electron chi connectivity index (χ3n) is 6.65. The number of amides is 2. The highest BCUT2D eigenvalue weighted by Gasteiger charge is 2.46. The first-order chi connectivity index (χ1) is 11.7. The van der Waals surface area contributed by atoms with Crippen LogP contribution >= 0.6 is 0 Å². The highest BCUT2D eigenvalue weighted by atomic mass is 16.3. The van der Waals surface area contributed by atoms with Gasteiger partial charge in [-0.15, -0.1) is 0 Å². The summed E-state index contributed by atoms with van der Waals surface area (Å²) in [5, 5.41) is 19.7. The van der Waals surface area contributed by atoms with Gasteiger partial charge in [0.25, 0.3) is 0 Å². The molecule has 138 valence electrons. The predicted molar refractivity (Wildman–Crippen MR) is 97.8 cm³/mol. The van der Waals surface area contributed by atoms with E-state index in [0.29, 0.717) is 25.4 Å². The van der Waals surface area contributed by atoms with Gasteiger partial charge in [-0.05, 0) is 47.3 Å². The molecule has 0 radical (unpaired) electrons. The summed E-state index contributed by atoms with van der Waals surface area (Å²) >= 11 is 0. The van der Waals surface area contributed by atoms with Gasteiger partial charge in [-0.25, -0.2) is 4.79 Å². The molecule has 1 saturated heterocycles. The molecule has 3 rings (SSSR count). The summed E-state index contributed by atoms with van der Waals surface area (Å²) in [5.74, 6) is 0.387. The van der Waals surface area contributed by atoms with Crippen LogP contribution in [0.15, 0.2) is 18.2 Å². The molecule has 25 heavy (non-hydrogen) atoms. The number of benzene rings is 1. The number of hydrogen-bond donors (Lipinski definition) is 2. The highest BCUT2D eigenvalue weighted by molar-refractivity contribution is 5.75. The lowest BCUT2D eigenvalue weighted by Gasteiger charge is -2.50. The van der Waals surface area contributed by atoms with Crippen LogP contribution < -0.4 is 0 Å². The Kier molecular flexibility index (Phi) is 4.48. The lowest BCUT2D eigenvalue weighted by molar-refractivity contribution is 0.0157. The number of phenols is 1. The zero-order chi connectivity index (χ0) is 18.4. The van der Waals surface area contributed by atoms with E-state index >= 15 is 0 Å². The quantitative estimate of drug-likeness (QED) is 0.884. The molecule has 2 amide bonds. The van der Waals surface area contributed by atoms with Gasteiger partial charge in [-0.1, -0.05) is 32.9 Å². The Labute approximate surface area is 150 Å². The van der Waals surface area contributed by atoms with Crippen LogP contribution in [0.4, 0.5) is 4.79 Å². The van der Waals surface area contributed by atoms with Crippen molar-refractivity contribution in [3.8, 4) is 5.75 Å². The smallest absolute Gasteiger partial charge is 0.319 e. The van der Waals surface area contributed by atoms with Crippen molar-refractivity contribution in [1.82, 2.24) is 9.80 Å². The maximum atomic E-state index is 12.4. The molecular weight excluding hydrogens is 316 g/mol. The average molecular weight is 346 g/mol. The van der Waals surface area contributed by atoms with Crippen molar-refractivity contribution < 1.29 is 15.0 Å². The number of carbonyl (C=O) groups excluding carboxylic acids is 1. The second-order valence-electron chi connectivity index (χ2n) is 8.53. The third-order valence-corrected chi connectivity index (χ3v) is 6.65. The molecule has 0 unspecified atom stereocenters. The van der Waals surface area contributed by atoms with E-state index in [2.05, 4.69) is 26.8 Å². The molecular formula is C20H30N2O3. The number of aliphatic hydroxyl groups is 1. The van der Waals surface area contributed by atoms with Crippen LogP contribution in [0.1, 0.15) is 44.7 Å². The van der Waals surface area contributed by atoms with Gasteiger partial charge < -0.3 is 20.0 Å². The van der Waals surface area contributed by atoms with E-state index in [0.717, 1.165) is 24.8 Å². The van der Waals surface area contributed by atoms with E-state index in [4.69, 9.17) is 0 Å². The Morgan fingerprint density at radius 1 is 1.32 bits per heavy atom. The van der Waals surface area contributed by atoms with E-state index in [-0.39, 0.29) is 23.0 Å². The van der Waals surface area contributed by atoms with Gasteiger partial charge in [0.1, 0.15) is 5.75 Å². The molecule has 5 heteroatoms. The van der Waals surface area contributed by atoms with Crippen LogP contribution in [0.2, 0.25) is 0 Å². The minimum Gasteiger partial charge on any atom is -0.508 e. The Hall–Kier alpha value is -1.75. The van der Waals surface area contributed by atoms with Gasteiger partial charge in [0.05, 0.1) is 19.2 Å². The summed E-state index contributed by atoms with van der Waals surface area (Å²) in [4.78, 5) is 15.8. The Morgan fingerprint density at radius 3 is 2.64 bits per heavy atom. The topological polar surface area (TPSA) is 64.0 Å². The summed E-state index contributed by atoms with van der Waals surface area (Å²) in [6, 6.07) is 5.80. The van der Waals surface area contributed by atoms with Gasteiger partial charge in [-0.2, -0.15) is 0 Å². The van der Waals surface area contributed by atoms with Gasteiger partial charge in [-0.3, -0.25) is 0 Å². The summed E-state index contributed by atoms with van der Waals surface area (Å²) in [6.07, 6.45) is 2.38. The van der Waals surface area contributed by atoms with Crippen molar-refractivity contribution >= 4 is 6.03 Å². The minimum atomic E-state index is -0.373. The van der Waals surface area contributed by atoms with Crippen molar-refractivity contribution in [2.75, 3.05) is 26.7 Å². The fourth-order valence-electron chi connectivity index (χ4n) is 4.25. The van der Waals surface area contributed by atoms with E-state index in [9.17, 15) is 15.0 Å². The molecule has 1 atom stereocenters. The standard InChI is InChI=1S/C20H30N2O3/c1-19(2)9-8-15-16(6-5-7-17(15)24)20(19,3)10-11-21(4)18(25)22-12-14(23)13-22/h5-7,14,23-24H,8-13H2,1-4H3/t20-/m0/s1. The van der Waals surface area contributed by atoms with E-state index in [1.165, 1.54) is 5.56 Å². The number of β-amino-alcohol motifs (C(OH)–C–C–N with tert-alkyl or cyclic N) is 1. The molecule has 0 bridgehead atoms. The predicted octanol–water partition coefficient (Wildman–Crippen LogP) is 2.74. The Morgan fingerprint density at radius 2 is 2.00 bits per heavy atom. The normalized spacial score (nSPS) is 25.2. The molecule has 1 heterocycles. The largest absolute Gasteiger partial charge is 0.508 e. The molecule has 0 aromatic heterocycles. The highest BCUT2D eigenvalue weighted by Crippen LogP contribution is 2.53. The SMILES string of the molecule is CN(CC[C@@]1(C)c2cccc(O)c2CCC1(C)C)C(=O)N1CC(O)C1. The van der Waals surface area contributed by atoms with Crippen LogP contribution in [0, 0.1) is 5.41 Å². The van der Waals surface area contributed by atoms with Gasteiger partial charge >= 0.3 is 6.03 Å². The van der Waals surface area contributed by atoms with E-state index in [1.54, 1.807) is 15.9 Å². The number of carbonyl (C=O) groups is 1. The number of aromatic hydroxyl groups is 1. The van der Waals surface area contributed by atoms with Crippen LogP contribution in [-0.2, 0) is 11.8 Å². The van der Waals surface area contributed by atoms with Gasteiger partial charge in [0.2, 0.25) is 0 Å². The molecule has 2 N–H and O–H groups in total. The van der Waals surface area contributed by atoms with E-state index < -0.39 is 0 Å². The van der Waals surface area contributed by atoms with Crippen LogP contribution in [0.3, 0.4) is 0 Å². The zero-order valence-electron chi connectivity index (χ0n) is 15.7. The summed E-state index contributed by atoms with van der Waals surface area (Å²) < 4.78 is 0. The van der Waals surface area contributed by atoms with Crippen LogP contribution in [-0.4, -0.2) is 58.8 Å². The monoisotopic (exact) mass is 346 g/mol. The molecule has 1 fully saturated rings. The number of fused-ring (bicyclic) bond motifs is 1. The minimum absolute atomic E-state index is 0.0151. The number of urea groups is 1. The maximum absolute atomic E-state index is 12.4. The van der Waals surface area contributed by atoms with Gasteiger partial charge in [0.15, 0.2) is 0 Å². The van der Waals surface area contributed by atoms with Crippen LogP contribution in [0.5, 0.6) is 5.75 Å². The fourth-order valence-corrected chi connectivity index (χ4v) is 4.25. The zero-order valence-corrected chi connectivity index (χ0v) is 15.7. The van der Waals surface area contributed by atoms with Gasteiger partial charge in [0, 0.05) is 13.6 Å². The molecule has 0 saturated carbocycles. The number of likely N-dealkylation sites (tertiary alicyclic amines) is 1. The average Bonchev–Trinajstić information content (AvgIpc) is 2.53. The third kappa shape index (κ3) is 2.99. The van der Waals surface area contributed by atoms with E-state index in [1.807, 2.05) is 13.1 Å². The first kappa shape index (κ1) is 18.1. The molecule has 5 nitrogen and oxygen atoms in total. The number of phenolic OH excluding ortho intramolecular Hbond substituents is 1. The van der Waals surface area contributed by atoms with Crippen molar-refractivity contribution in [1.29, 1.82) is 0 Å². The number of hydrogen-bond acceptors (Lipinski definition) is 3. The molecule has 1 aliphatic heterocycles. The molecule has 2 aliphatic rings. The summed E-state index contributed by atoms with van der Waals surface area (Å²) in [5.41, 5.74) is 2.25. The molecule has 1 aliphatic carbocycles. The lowest BCUT2D eigenvalue weighted by atomic mass is 9.55. The summed E-state index contributed by atoms with van der Waals surface area (Å²) in [6.45, 7) is 8.35. The van der Waals surface area contributed by atoms with Crippen molar-refractivity contribution in [3.63, 3.8) is 0 Å². The van der Waals surface area contributed by atoms with Crippen molar-refractivity contribution in [3.05, 3.63) is 29.3 Å². The number of nitrogens with zero attached hydrogens (tertiary/aromatic N) is 2. The number of aliphatic hydroxyl groups excluding tert-OH is 1. The van der Waals surface area contributed by atoms with Crippen LogP contribution in [0.25, 0.3) is 0 Å². The van der Waals surface area contributed by atoms with Crippen molar-refractivity contribution in [2.24, 2.45) is 5.41 Å². The molecule has 1 aromatic rings. The maximum Gasteiger partial charge on any atom is 0.319 e. The lowest BCUT2D eigenvalue weighted by Crippen LogP contribution is -2.57. The molecule has 0 spiro atoms. The molecule has 1 aromatic carbocycles. The second-order valence-corrected chi connectivity index (χ2v) is 8.53. The van der Waals surface area contributed by atoms with Crippen molar-refractivity contribution in [2.45, 2.75) is 51.6 Å². The fraction of sp³-hybridized carbons (Fsp3) is 0.650. The first-order valence-corrected chi connectivity index (χ1v) is 9.15. The number of rotatable bonds is 3. The second kappa shape index (κ2) is 6.20. The summed E-state index contributed by atoms with van der Waals surface area (Å²) in [7, 11) is 1.83. The Balaban J connectivity index is 1.78. The first-order valence-electron chi connectivity index (χ1n) is 9.15. The Bertz CT molecular complexity index is 667.